The Morgan fingerprint density at radius 1 is 1.16 bits per heavy atom. The standard InChI is InChI=1S/C18H16N4O3/c1-12-14-9-5-6-10-15(14)25-17(12)18(23)24-11-16-19-20-21-22(16)13-7-3-2-4-8-13/h2-10,12,17H,11H2,1H3/t12-,17-/m0/s1. The van der Waals surface area contributed by atoms with Crippen molar-refractivity contribution in [1.29, 1.82) is 0 Å². The summed E-state index contributed by atoms with van der Waals surface area (Å²) in [4.78, 5) is 12.4. The number of nitrogens with zero attached hydrogens (tertiary/aromatic N) is 4. The molecule has 0 radical (unpaired) electrons. The number of ether oxygens (including phenoxy) is 2. The van der Waals surface area contributed by atoms with Crippen molar-refractivity contribution in [3.8, 4) is 11.4 Å². The number of esters is 1. The molecule has 2 heterocycles. The normalized spacial score (nSPS) is 18.4. The zero-order valence-electron chi connectivity index (χ0n) is 13.6. The van der Waals surface area contributed by atoms with E-state index in [0.29, 0.717) is 5.82 Å². The van der Waals surface area contributed by atoms with Crippen molar-refractivity contribution in [3.05, 3.63) is 66.0 Å². The molecule has 2 atom stereocenters. The second-order valence-electron chi connectivity index (χ2n) is 5.82. The molecule has 25 heavy (non-hydrogen) atoms. The van der Waals surface area contributed by atoms with Crippen molar-refractivity contribution in [3.63, 3.8) is 0 Å². The Bertz CT molecular complexity index is 894. The van der Waals surface area contributed by atoms with Crippen molar-refractivity contribution in [2.75, 3.05) is 0 Å². The Balaban J connectivity index is 1.45. The summed E-state index contributed by atoms with van der Waals surface area (Å²) in [5.74, 6) is 0.689. The molecule has 1 aliphatic heterocycles. The smallest absolute Gasteiger partial charge is 0.348 e. The van der Waals surface area contributed by atoms with E-state index in [0.717, 1.165) is 17.0 Å². The van der Waals surface area contributed by atoms with E-state index in [4.69, 9.17) is 9.47 Å². The molecule has 0 aliphatic carbocycles. The van der Waals surface area contributed by atoms with Gasteiger partial charge in [0.2, 0.25) is 6.10 Å². The third-order valence-electron chi connectivity index (χ3n) is 4.23. The van der Waals surface area contributed by atoms with Crippen molar-refractivity contribution < 1.29 is 14.3 Å². The van der Waals surface area contributed by atoms with Gasteiger partial charge >= 0.3 is 5.97 Å². The van der Waals surface area contributed by atoms with Gasteiger partial charge in [-0.15, -0.1) is 5.10 Å². The molecule has 0 fully saturated rings. The lowest BCUT2D eigenvalue weighted by atomic mass is 9.98. The van der Waals surface area contributed by atoms with Gasteiger partial charge in [-0.2, -0.15) is 4.68 Å². The number of carbonyl (C=O) groups excluding carboxylic acids is 1. The minimum absolute atomic E-state index is 0.0242. The van der Waals surface area contributed by atoms with Gasteiger partial charge in [0, 0.05) is 11.5 Å². The summed E-state index contributed by atoms with van der Waals surface area (Å²) in [5.41, 5.74) is 1.81. The number of hydrogen-bond donors (Lipinski definition) is 0. The zero-order chi connectivity index (χ0) is 17.2. The summed E-state index contributed by atoms with van der Waals surface area (Å²) in [6.45, 7) is 1.93. The molecule has 1 aliphatic rings. The predicted molar refractivity (Wildman–Crippen MR) is 88.2 cm³/mol. The maximum Gasteiger partial charge on any atom is 0.348 e. The topological polar surface area (TPSA) is 79.1 Å². The molecule has 1 aromatic heterocycles. The molecule has 0 unspecified atom stereocenters. The highest BCUT2D eigenvalue weighted by molar-refractivity contribution is 5.78. The van der Waals surface area contributed by atoms with E-state index >= 15 is 0 Å². The number of benzene rings is 2. The first-order valence-corrected chi connectivity index (χ1v) is 7.99. The van der Waals surface area contributed by atoms with E-state index in [1.165, 1.54) is 0 Å². The number of tetrazole rings is 1. The molecule has 126 valence electrons. The van der Waals surface area contributed by atoms with E-state index in [9.17, 15) is 4.79 Å². The highest BCUT2D eigenvalue weighted by atomic mass is 16.6. The van der Waals surface area contributed by atoms with E-state index in [1.54, 1.807) is 4.68 Å². The van der Waals surface area contributed by atoms with Crippen LogP contribution in [-0.2, 0) is 16.1 Å². The Morgan fingerprint density at radius 2 is 1.92 bits per heavy atom. The Morgan fingerprint density at radius 3 is 2.72 bits per heavy atom. The van der Waals surface area contributed by atoms with Gasteiger partial charge in [0.1, 0.15) is 5.75 Å². The van der Waals surface area contributed by atoms with Gasteiger partial charge in [-0.1, -0.05) is 43.3 Å². The fraction of sp³-hybridized carbons (Fsp3) is 0.222. The molecule has 4 rings (SSSR count). The van der Waals surface area contributed by atoms with Crippen LogP contribution in [0.25, 0.3) is 5.69 Å². The Labute approximate surface area is 144 Å². The average Bonchev–Trinajstić information content (AvgIpc) is 3.25. The molecule has 0 saturated carbocycles. The summed E-state index contributed by atoms with van der Waals surface area (Å²) in [6.07, 6.45) is -0.654. The SMILES string of the molecule is C[C@H]1c2ccccc2O[C@@H]1C(=O)OCc1nnnn1-c1ccccc1. The lowest BCUT2D eigenvalue weighted by Gasteiger charge is -2.14. The summed E-state index contributed by atoms with van der Waals surface area (Å²) in [7, 11) is 0. The average molecular weight is 336 g/mol. The number of para-hydroxylation sites is 2. The largest absolute Gasteiger partial charge is 0.478 e. The summed E-state index contributed by atoms with van der Waals surface area (Å²) in [6, 6.07) is 17.1. The number of fused-ring (bicyclic) bond motifs is 1. The van der Waals surface area contributed by atoms with Gasteiger partial charge in [0.05, 0.1) is 5.69 Å². The third-order valence-corrected chi connectivity index (χ3v) is 4.23. The number of aromatic nitrogens is 4. The number of rotatable bonds is 4. The summed E-state index contributed by atoms with van der Waals surface area (Å²) < 4.78 is 12.7. The molecular weight excluding hydrogens is 320 g/mol. The van der Waals surface area contributed by atoms with Gasteiger partial charge in [-0.3, -0.25) is 0 Å². The van der Waals surface area contributed by atoms with Crippen LogP contribution in [0.3, 0.4) is 0 Å². The first-order chi connectivity index (χ1) is 12.2. The molecule has 2 aromatic carbocycles. The maximum absolute atomic E-state index is 12.4. The minimum Gasteiger partial charge on any atom is -0.478 e. The van der Waals surface area contributed by atoms with Crippen molar-refractivity contribution in [2.24, 2.45) is 0 Å². The zero-order valence-corrected chi connectivity index (χ0v) is 13.6. The summed E-state index contributed by atoms with van der Waals surface area (Å²) >= 11 is 0. The van der Waals surface area contributed by atoms with Crippen LogP contribution in [-0.4, -0.2) is 32.3 Å². The Kier molecular flexibility index (Phi) is 3.89. The van der Waals surface area contributed by atoms with Crippen LogP contribution >= 0.6 is 0 Å². The monoisotopic (exact) mass is 336 g/mol. The molecule has 3 aromatic rings. The van der Waals surface area contributed by atoms with E-state index in [1.807, 2.05) is 61.5 Å². The number of hydrogen-bond acceptors (Lipinski definition) is 6. The lowest BCUT2D eigenvalue weighted by Crippen LogP contribution is -2.30. The molecule has 7 heteroatoms. The molecular formula is C18H16N4O3. The first-order valence-electron chi connectivity index (χ1n) is 7.99. The van der Waals surface area contributed by atoms with Gasteiger partial charge in [0.25, 0.3) is 0 Å². The van der Waals surface area contributed by atoms with E-state index in [-0.39, 0.29) is 12.5 Å². The molecule has 0 N–H and O–H groups in total. The third kappa shape index (κ3) is 2.84. The van der Waals surface area contributed by atoms with Gasteiger partial charge < -0.3 is 9.47 Å². The quantitative estimate of drug-likeness (QED) is 0.680. The van der Waals surface area contributed by atoms with Crippen molar-refractivity contribution >= 4 is 5.97 Å². The highest BCUT2D eigenvalue weighted by Gasteiger charge is 2.37. The van der Waals surface area contributed by atoms with Gasteiger partial charge in [-0.25, -0.2) is 4.79 Å². The highest BCUT2D eigenvalue weighted by Crippen LogP contribution is 2.38. The fourth-order valence-corrected chi connectivity index (χ4v) is 2.90. The Hall–Kier alpha value is -3.22. The molecule has 0 amide bonds. The van der Waals surface area contributed by atoms with Crippen molar-refractivity contribution in [1.82, 2.24) is 20.2 Å². The second-order valence-corrected chi connectivity index (χ2v) is 5.82. The van der Waals surface area contributed by atoms with Crippen LogP contribution in [0.5, 0.6) is 5.75 Å². The maximum atomic E-state index is 12.4. The predicted octanol–water partition coefficient (Wildman–Crippen LogP) is 2.27. The van der Waals surface area contributed by atoms with Crippen LogP contribution in [0, 0.1) is 0 Å². The van der Waals surface area contributed by atoms with Crippen LogP contribution in [0.2, 0.25) is 0 Å². The number of carbonyl (C=O) groups is 1. The molecule has 7 nitrogen and oxygen atoms in total. The molecule has 0 spiro atoms. The molecule has 0 saturated heterocycles. The van der Waals surface area contributed by atoms with Gasteiger partial charge in [0.15, 0.2) is 12.4 Å². The van der Waals surface area contributed by atoms with Crippen LogP contribution in [0.15, 0.2) is 54.6 Å². The summed E-state index contributed by atoms with van der Waals surface area (Å²) in [5, 5.41) is 11.5. The van der Waals surface area contributed by atoms with E-state index < -0.39 is 12.1 Å². The minimum atomic E-state index is -0.654. The van der Waals surface area contributed by atoms with Crippen LogP contribution < -0.4 is 4.74 Å². The van der Waals surface area contributed by atoms with E-state index in [2.05, 4.69) is 15.5 Å². The molecule has 0 bridgehead atoms. The lowest BCUT2D eigenvalue weighted by molar-refractivity contribution is -0.153. The van der Waals surface area contributed by atoms with Crippen molar-refractivity contribution in [2.45, 2.75) is 25.6 Å². The van der Waals surface area contributed by atoms with Crippen LogP contribution in [0.4, 0.5) is 0 Å². The van der Waals surface area contributed by atoms with Gasteiger partial charge in [-0.05, 0) is 28.6 Å². The second kappa shape index (κ2) is 6.35. The van der Waals surface area contributed by atoms with Crippen LogP contribution in [0.1, 0.15) is 24.2 Å². The fourth-order valence-electron chi connectivity index (χ4n) is 2.90. The first kappa shape index (κ1) is 15.3.